The summed E-state index contributed by atoms with van der Waals surface area (Å²) in [6.45, 7) is 0. The Morgan fingerprint density at radius 1 is 1.07 bits per heavy atom. The summed E-state index contributed by atoms with van der Waals surface area (Å²) in [5.74, 6) is -0.371. The molecule has 0 aliphatic rings. The number of hydrogen-bond acceptors (Lipinski definition) is 3. The van der Waals surface area contributed by atoms with Crippen LogP contribution >= 0.6 is 0 Å². The zero-order valence-electron chi connectivity index (χ0n) is 6.65. The van der Waals surface area contributed by atoms with Crippen LogP contribution in [-0.4, -0.2) is 65.3 Å². The second-order valence-corrected chi connectivity index (χ2v) is 3.83. The summed E-state index contributed by atoms with van der Waals surface area (Å²) < 4.78 is 60.2. The van der Waals surface area contributed by atoms with Gasteiger partial charge in [-0.2, -0.15) is 21.6 Å². The molecule has 0 saturated carbocycles. The zero-order chi connectivity index (χ0) is 10.8. The van der Waals surface area contributed by atoms with E-state index in [4.69, 9.17) is 0 Å². The molecule has 1 rings (SSSR count). The Labute approximate surface area is 127 Å². The van der Waals surface area contributed by atoms with Crippen molar-refractivity contribution in [3.63, 3.8) is 0 Å². The van der Waals surface area contributed by atoms with E-state index in [-0.39, 0.29) is 57.1 Å². The van der Waals surface area contributed by atoms with E-state index in [9.17, 15) is 21.6 Å². The van der Waals surface area contributed by atoms with E-state index < -0.39 is 15.6 Å². The van der Waals surface area contributed by atoms with Gasteiger partial charge in [0.15, 0.2) is 0 Å². The molecule has 0 unspecified atom stereocenters. The van der Waals surface area contributed by atoms with Crippen molar-refractivity contribution in [1.29, 1.82) is 0 Å². The molecule has 80 valence electrons. The molecule has 0 heterocycles. The molecule has 15 heavy (non-hydrogen) atoms. The Morgan fingerprint density at radius 3 is 1.93 bits per heavy atom. The van der Waals surface area contributed by atoms with Crippen molar-refractivity contribution >= 4 is 61.5 Å². The maximum atomic E-state index is 11.8. The van der Waals surface area contributed by atoms with Crippen LogP contribution in [0.2, 0.25) is 0 Å². The van der Waals surface area contributed by atoms with E-state index >= 15 is 0 Å². The van der Waals surface area contributed by atoms with Gasteiger partial charge in [-0.25, -0.2) is 0 Å². The van der Waals surface area contributed by atoms with E-state index in [1.165, 1.54) is 18.2 Å². The first-order chi connectivity index (χ1) is 6.33. The second kappa shape index (κ2) is 5.64. The number of benzene rings is 1. The van der Waals surface area contributed by atoms with Crippen molar-refractivity contribution in [2.75, 3.05) is 0 Å². The van der Waals surface area contributed by atoms with Crippen LogP contribution in [0, 0.1) is 0 Å². The van der Waals surface area contributed by atoms with Gasteiger partial charge < -0.3 is 4.18 Å². The van der Waals surface area contributed by atoms with E-state index in [0.29, 0.717) is 0 Å². The van der Waals surface area contributed by atoms with Crippen molar-refractivity contribution in [2.24, 2.45) is 0 Å². The fourth-order valence-electron chi connectivity index (χ4n) is 0.650. The monoisotopic (exact) mass is 266 g/mol. The molecule has 0 amide bonds. The van der Waals surface area contributed by atoms with E-state index in [1.54, 1.807) is 0 Å². The Balaban J connectivity index is 0.00000196. The normalized spacial score (nSPS) is 11.7. The number of hydrogen-bond donors (Lipinski definition) is 0. The molecule has 0 radical (unpaired) electrons. The first kappa shape index (κ1) is 15.4. The molecule has 8 heteroatoms. The second-order valence-electron chi connectivity index (χ2n) is 2.30. The van der Waals surface area contributed by atoms with E-state index in [1.807, 2.05) is 0 Å². The molecule has 0 saturated heterocycles. The molecule has 0 aliphatic heterocycles. The molecule has 0 fully saturated rings. The molecule has 1 aromatic rings. The average Bonchev–Trinajstić information content (AvgIpc) is 2.03. The molecule has 0 aromatic heterocycles. The van der Waals surface area contributed by atoms with Crippen molar-refractivity contribution < 1.29 is 25.8 Å². The minimum atomic E-state index is -5.55. The van der Waals surface area contributed by atoms with Crippen molar-refractivity contribution in [3.05, 3.63) is 30.3 Å². The van der Waals surface area contributed by atoms with Gasteiger partial charge in [-0.3, -0.25) is 0 Å². The third-order valence-corrected chi connectivity index (χ3v) is 2.21. The van der Waals surface area contributed by atoms with Gasteiger partial charge >= 0.3 is 67.0 Å². The predicted octanol–water partition coefficient (Wildman–Crippen LogP) is 1.27. The van der Waals surface area contributed by atoms with Crippen molar-refractivity contribution in [1.82, 2.24) is 0 Å². The number of alkyl halides is 3. The van der Waals surface area contributed by atoms with Crippen LogP contribution in [0.5, 0.6) is 5.75 Å². The molecule has 0 atom stereocenters. The van der Waals surface area contributed by atoms with Gasteiger partial charge in [-0.1, -0.05) is 18.2 Å². The molecule has 0 spiro atoms. The van der Waals surface area contributed by atoms with Crippen LogP contribution in [0.25, 0.3) is 0 Å². The number of para-hydroxylation sites is 1. The predicted molar refractivity (Wildman–Crippen MR) is 49.2 cm³/mol. The van der Waals surface area contributed by atoms with Gasteiger partial charge in [0.05, 0.1) is 0 Å². The van der Waals surface area contributed by atoms with Crippen LogP contribution in [0.4, 0.5) is 13.2 Å². The van der Waals surface area contributed by atoms with Gasteiger partial charge in [0.1, 0.15) is 5.75 Å². The number of rotatable bonds is 2. The molecule has 1 aromatic carbocycles. The average molecular weight is 266 g/mol. The Hall–Kier alpha value is 0.396. The summed E-state index contributed by atoms with van der Waals surface area (Å²) in [5, 5.41) is 0. The van der Waals surface area contributed by atoms with Gasteiger partial charge in [0, 0.05) is 0 Å². The fourth-order valence-corrected chi connectivity index (χ4v) is 1.11. The van der Waals surface area contributed by atoms with Crippen LogP contribution in [0.15, 0.2) is 30.3 Å². The Bertz CT molecular complexity index is 401. The standard InChI is InChI=1S/C7H5F3O3S.K.H/c8-7(9,10)14(11,12)13-6-4-2-1-3-5-6;;/h1-5H;;. The summed E-state index contributed by atoms with van der Waals surface area (Å²) in [6.07, 6.45) is 0. The quantitative estimate of drug-likeness (QED) is 0.460. The third-order valence-electron chi connectivity index (χ3n) is 1.23. The SMILES string of the molecule is O=S(=O)(Oc1ccccc1)C(F)(F)F.[KH]. The molecular weight excluding hydrogens is 260 g/mol. The molecule has 0 bridgehead atoms. The van der Waals surface area contributed by atoms with Gasteiger partial charge in [-0.15, -0.1) is 0 Å². The number of halogens is 3. The Kier molecular flexibility index (Phi) is 5.79. The van der Waals surface area contributed by atoms with Crippen LogP contribution < -0.4 is 4.18 Å². The molecule has 0 aliphatic carbocycles. The van der Waals surface area contributed by atoms with Crippen LogP contribution in [0.3, 0.4) is 0 Å². The summed E-state index contributed by atoms with van der Waals surface area (Å²) in [5.41, 5.74) is -5.40. The molecular formula is C7H6F3KO3S. The van der Waals surface area contributed by atoms with Crippen molar-refractivity contribution in [2.45, 2.75) is 5.51 Å². The van der Waals surface area contributed by atoms with E-state index in [0.717, 1.165) is 12.1 Å². The Morgan fingerprint density at radius 2 is 1.53 bits per heavy atom. The first-order valence-electron chi connectivity index (χ1n) is 3.39. The third kappa shape index (κ3) is 4.41. The molecule has 0 N–H and O–H groups in total. The summed E-state index contributed by atoms with van der Waals surface area (Å²) in [7, 11) is -5.55. The topological polar surface area (TPSA) is 43.4 Å². The zero-order valence-corrected chi connectivity index (χ0v) is 7.47. The van der Waals surface area contributed by atoms with E-state index in [2.05, 4.69) is 4.18 Å². The maximum absolute atomic E-state index is 11.8. The van der Waals surface area contributed by atoms with Gasteiger partial charge in [0.2, 0.25) is 0 Å². The van der Waals surface area contributed by atoms with Gasteiger partial charge in [0.25, 0.3) is 0 Å². The molecule has 3 nitrogen and oxygen atoms in total. The van der Waals surface area contributed by atoms with Crippen LogP contribution in [-0.2, 0) is 10.1 Å². The first-order valence-corrected chi connectivity index (χ1v) is 4.79. The van der Waals surface area contributed by atoms with Crippen molar-refractivity contribution in [3.8, 4) is 5.75 Å². The minimum absolute atomic E-state index is 0. The van der Waals surface area contributed by atoms with Gasteiger partial charge in [-0.05, 0) is 12.1 Å². The fraction of sp³-hybridized carbons (Fsp3) is 0.143. The summed E-state index contributed by atoms with van der Waals surface area (Å²) in [4.78, 5) is 0. The van der Waals surface area contributed by atoms with Crippen LogP contribution in [0.1, 0.15) is 0 Å². The summed E-state index contributed by atoms with van der Waals surface area (Å²) in [6, 6.07) is 6.47. The summed E-state index contributed by atoms with van der Waals surface area (Å²) >= 11 is 0.